The number of rotatable bonds is 5. The lowest BCUT2D eigenvalue weighted by atomic mass is 10.1. The number of halogens is 4. The van der Waals surface area contributed by atoms with Crippen LogP contribution in [0, 0.1) is 0 Å². The number of hydrogen-bond acceptors (Lipinski definition) is 4. The number of nitrogens with one attached hydrogen (secondary N) is 1. The standard InChI is InChI=1S/C19H13ClF3N3O2/c20-13-6-4-12(5-7-13)15-9-14(10-25-18(15)28-11-19(21,22)23)26-17(27)16-3-1-2-8-24-16/h1-10H,11H2,(H,26,27). The minimum absolute atomic E-state index is 0.188. The second-order valence-electron chi connectivity index (χ2n) is 5.66. The van der Waals surface area contributed by atoms with Crippen LogP contribution in [0.4, 0.5) is 18.9 Å². The van der Waals surface area contributed by atoms with Crippen LogP contribution in [0.15, 0.2) is 60.9 Å². The van der Waals surface area contributed by atoms with Gasteiger partial charge in [-0.2, -0.15) is 13.2 Å². The first-order valence-corrected chi connectivity index (χ1v) is 8.37. The van der Waals surface area contributed by atoms with Crippen molar-refractivity contribution in [2.24, 2.45) is 0 Å². The number of benzene rings is 1. The summed E-state index contributed by atoms with van der Waals surface area (Å²) >= 11 is 5.87. The summed E-state index contributed by atoms with van der Waals surface area (Å²) in [7, 11) is 0. The molecule has 0 saturated heterocycles. The van der Waals surface area contributed by atoms with Gasteiger partial charge in [-0.25, -0.2) is 4.98 Å². The van der Waals surface area contributed by atoms with Crippen molar-refractivity contribution in [3.8, 4) is 17.0 Å². The van der Waals surface area contributed by atoms with E-state index in [1.807, 2.05) is 0 Å². The minimum atomic E-state index is -4.51. The second kappa shape index (κ2) is 8.26. The normalized spacial score (nSPS) is 11.1. The number of anilines is 1. The summed E-state index contributed by atoms with van der Waals surface area (Å²) in [6.07, 6.45) is -1.82. The van der Waals surface area contributed by atoms with Crippen molar-refractivity contribution >= 4 is 23.2 Å². The highest BCUT2D eigenvalue weighted by Gasteiger charge is 2.29. The molecule has 0 saturated carbocycles. The molecule has 1 N–H and O–H groups in total. The summed E-state index contributed by atoms with van der Waals surface area (Å²) in [6, 6.07) is 12.7. The number of carbonyl (C=O) groups excluding carboxylic acids is 1. The van der Waals surface area contributed by atoms with Crippen LogP contribution in [0.1, 0.15) is 10.5 Å². The zero-order valence-corrected chi connectivity index (χ0v) is 15.0. The molecular formula is C19H13ClF3N3O2. The Kier molecular flexibility index (Phi) is 5.79. The van der Waals surface area contributed by atoms with Crippen LogP contribution in [0.2, 0.25) is 5.02 Å². The Morgan fingerprint density at radius 3 is 2.50 bits per heavy atom. The van der Waals surface area contributed by atoms with Crippen LogP contribution in [-0.4, -0.2) is 28.7 Å². The molecule has 0 unspecified atom stereocenters. The van der Waals surface area contributed by atoms with Gasteiger partial charge in [-0.1, -0.05) is 29.8 Å². The lowest BCUT2D eigenvalue weighted by molar-refractivity contribution is -0.154. The van der Waals surface area contributed by atoms with Crippen molar-refractivity contribution in [3.05, 3.63) is 71.6 Å². The number of carbonyl (C=O) groups is 1. The topological polar surface area (TPSA) is 64.1 Å². The van der Waals surface area contributed by atoms with Crippen molar-refractivity contribution in [2.45, 2.75) is 6.18 Å². The number of aromatic nitrogens is 2. The van der Waals surface area contributed by atoms with Gasteiger partial charge < -0.3 is 10.1 Å². The molecule has 0 radical (unpaired) electrons. The molecule has 0 spiro atoms. The number of nitrogens with zero attached hydrogens (tertiary/aromatic N) is 2. The lowest BCUT2D eigenvalue weighted by Crippen LogP contribution is -2.20. The first kappa shape index (κ1) is 19.6. The van der Waals surface area contributed by atoms with E-state index in [-0.39, 0.29) is 22.8 Å². The highest BCUT2D eigenvalue weighted by Crippen LogP contribution is 2.32. The maximum atomic E-state index is 12.5. The third kappa shape index (κ3) is 5.20. The SMILES string of the molecule is O=C(Nc1cnc(OCC(F)(F)F)c(-c2ccc(Cl)cc2)c1)c1ccccn1. The van der Waals surface area contributed by atoms with Gasteiger partial charge in [0.1, 0.15) is 5.69 Å². The fourth-order valence-electron chi connectivity index (χ4n) is 2.31. The first-order valence-electron chi connectivity index (χ1n) is 8.00. The van der Waals surface area contributed by atoms with E-state index in [4.69, 9.17) is 16.3 Å². The maximum absolute atomic E-state index is 12.5. The minimum Gasteiger partial charge on any atom is -0.468 e. The average molecular weight is 408 g/mol. The fraction of sp³-hybridized carbons (Fsp3) is 0.105. The zero-order chi connectivity index (χ0) is 20.1. The van der Waals surface area contributed by atoms with Crippen LogP contribution < -0.4 is 10.1 Å². The van der Waals surface area contributed by atoms with Gasteiger partial charge in [0.25, 0.3) is 5.91 Å². The van der Waals surface area contributed by atoms with E-state index in [1.54, 1.807) is 36.4 Å². The van der Waals surface area contributed by atoms with Crippen LogP contribution in [0.5, 0.6) is 5.88 Å². The first-order chi connectivity index (χ1) is 13.3. The van der Waals surface area contributed by atoms with Crippen molar-refractivity contribution in [1.29, 1.82) is 0 Å². The highest BCUT2D eigenvalue weighted by atomic mass is 35.5. The molecule has 1 amide bonds. The Morgan fingerprint density at radius 1 is 1.11 bits per heavy atom. The smallest absolute Gasteiger partial charge is 0.422 e. The molecule has 2 heterocycles. The van der Waals surface area contributed by atoms with E-state index in [9.17, 15) is 18.0 Å². The van der Waals surface area contributed by atoms with Crippen LogP contribution in [0.3, 0.4) is 0 Å². The monoisotopic (exact) mass is 407 g/mol. The average Bonchev–Trinajstić information content (AvgIpc) is 2.67. The number of pyridine rings is 2. The molecule has 5 nitrogen and oxygen atoms in total. The lowest BCUT2D eigenvalue weighted by Gasteiger charge is -2.14. The van der Waals surface area contributed by atoms with E-state index >= 15 is 0 Å². The number of ether oxygens (including phenoxy) is 1. The van der Waals surface area contributed by atoms with Gasteiger partial charge in [-0.3, -0.25) is 9.78 Å². The van der Waals surface area contributed by atoms with Gasteiger partial charge in [-0.05, 0) is 35.9 Å². The fourth-order valence-corrected chi connectivity index (χ4v) is 2.44. The third-order valence-electron chi connectivity index (χ3n) is 3.53. The molecular weight excluding hydrogens is 395 g/mol. The second-order valence-corrected chi connectivity index (χ2v) is 6.09. The maximum Gasteiger partial charge on any atom is 0.422 e. The van der Waals surface area contributed by atoms with Crippen LogP contribution in [-0.2, 0) is 0 Å². The van der Waals surface area contributed by atoms with Gasteiger partial charge >= 0.3 is 6.18 Å². The summed E-state index contributed by atoms with van der Waals surface area (Å²) in [4.78, 5) is 20.1. The van der Waals surface area contributed by atoms with Gasteiger partial charge in [-0.15, -0.1) is 0 Å². The Morgan fingerprint density at radius 2 is 1.86 bits per heavy atom. The van der Waals surface area contributed by atoms with Crippen molar-refractivity contribution in [1.82, 2.24) is 9.97 Å². The highest BCUT2D eigenvalue weighted by molar-refractivity contribution is 6.30. The van der Waals surface area contributed by atoms with Crippen LogP contribution >= 0.6 is 11.6 Å². The predicted molar refractivity (Wildman–Crippen MR) is 98.4 cm³/mol. The Labute approximate surface area is 163 Å². The number of alkyl halides is 3. The molecule has 28 heavy (non-hydrogen) atoms. The van der Waals surface area contributed by atoms with E-state index in [1.165, 1.54) is 24.5 Å². The molecule has 0 aliphatic rings. The molecule has 0 fully saturated rings. The summed E-state index contributed by atoms with van der Waals surface area (Å²) in [5.74, 6) is -0.691. The largest absolute Gasteiger partial charge is 0.468 e. The van der Waals surface area contributed by atoms with Gasteiger partial charge in [0.2, 0.25) is 5.88 Å². The predicted octanol–water partition coefficient (Wildman–Crippen LogP) is 4.99. The Balaban J connectivity index is 1.91. The number of amides is 1. The van der Waals surface area contributed by atoms with E-state index in [0.717, 1.165) is 0 Å². The van der Waals surface area contributed by atoms with Gasteiger partial charge in [0.15, 0.2) is 6.61 Å². The third-order valence-corrected chi connectivity index (χ3v) is 3.79. The Bertz CT molecular complexity index is 964. The van der Waals surface area contributed by atoms with Crippen molar-refractivity contribution in [2.75, 3.05) is 11.9 Å². The molecule has 0 atom stereocenters. The Hall–Kier alpha value is -3.13. The van der Waals surface area contributed by atoms with Crippen LogP contribution in [0.25, 0.3) is 11.1 Å². The zero-order valence-electron chi connectivity index (χ0n) is 14.2. The van der Waals surface area contributed by atoms with Crippen molar-refractivity contribution < 1.29 is 22.7 Å². The summed E-state index contributed by atoms with van der Waals surface area (Å²) in [5, 5.41) is 3.08. The molecule has 2 aromatic heterocycles. The van der Waals surface area contributed by atoms with Gasteiger partial charge in [0, 0.05) is 16.8 Å². The number of hydrogen-bond donors (Lipinski definition) is 1. The summed E-state index contributed by atoms with van der Waals surface area (Å²) in [6.45, 7) is -1.49. The molecule has 0 bridgehead atoms. The molecule has 3 rings (SSSR count). The van der Waals surface area contributed by atoms with E-state index in [2.05, 4.69) is 15.3 Å². The van der Waals surface area contributed by atoms with Gasteiger partial charge in [0.05, 0.1) is 11.9 Å². The van der Waals surface area contributed by atoms with E-state index < -0.39 is 18.7 Å². The molecule has 0 aliphatic heterocycles. The quantitative estimate of drug-likeness (QED) is 0.647. The van der Waals surface area contributed by atoms with Crippen molar-refractivity contribution in [3.63, 3.8) is 0 Å². The molecule has 3 aromatic rings. The summed E-state index contributed by atoms with van der Waals surface area (Å²) < 4.78 is 42.4. The summed E-state index contributed by atoms with van der Waals surface area (Å²) in [5.41, 5.74) is 1.27. The molecule has 0 aliphatic carbocycles. The molecule has 144 valence electrons. The van der Waals surface area contributed by atoms with E-state index in [0.29, 0.717) is 10.6 Å². The molecule has 1 aromatic carbocycles. The molecule has 9 heteroatoms.